The number of carbonyl (C=O) groups excluding carboxylic acids is 1. The Bertz CT molecular complexity index is 679. The third kappa shape index (κ3) is 4.14. The van der Waals surface area contributed by atoms with E-state index in [1.165, 1.54) is 18.2 Å². The summed E-state index contributed by atoms with van der Waals surface area (Å²) in [7, 11) is 0. The van der Waals surface area contributed by atoms with Crippen LogP contribution in [0, 0.1) is 10.1 Å². The van der Waals surface area contributed by atoms with E-state index >= 15 is 0 Å². The molecule has 1 amide bonds. The average molecular weight is 428 g/mol. The van der Waals surface area contributed by atoms with E-state index in [0.717, 1.165) is 5.56 Å². The molecule has 0 saturated carbocycles. The first kappa shape index (κ1) is 16.6. The Balaban J connectivity index is 2.08. The number of benzene rings is 2. The highest BCUT2D eigenvalue weighted by atomic mass is 79.9. The molecular formula is C15H12Br2N2O3. The van der Waals surface area contributed by atoms with E-state index in [1.807, 2.05) is 30.3 Å². The minimum atomic E-state index is -0.519. The summed E-state index contributed by atoms with van der Waals surface area (Å²) in [5, 5.41) is 13.4. The van der Waals surface area contributed by atoms with Gasteiger partial charge >= 0.3 is 0 Å². The Morgan fingerprint density at radius 2 is 1.77 bits per heavy atom. The van der Waals surface area contributed by atoms with Crippen molar-refractivity contribution in [2.75, 3.05) is 5.32 Å². The van der Waals surface area contributed by atoms with E-state index in [2.05, 4.69) is 37.2 Å². The number of nitro benzene ring substituents is 1. The molecule has 2 aromatic carbocycles. The Labute approximate surface area is 144 Å². The number of nitrogens with zero attached hydrogens (tertiary/aromatic N) is 1. The van der Waals surface area contributed by atoms with E-state index < -0.39 is 9.75 Å². The molecule has 0 fully saturated rings. The Hall–Kier alpha value is -1.73. The highest BCUT2D eigenvalue weighted by Crippen LogP contribution is 2.32. The van der Waals surface area contributed by atoms with Gasteiger partial charge < -0.3 is 5.32 Å². The maximum Gasteiger partial charge on any atom is 0.271 e. The van der Waals surface area contributed by atoms with Crippen molar-refractivity contribution in [3.05, 3.63) is 70.3 Å². The van der Waals surface area contributed by atoms with Crippen molar-refractivity contribution in [3.63, 3.8) is 0 Å². The molecule has 2 aromatic rings. The van der Waals surface area contributed by atoms with Crippen LogP contribution < -0.4 is 5.32 Å². The summed E-state index contributed by atoms with van der Waals surface area (Å²) < 4.78 is 0. The topological polar surface area (TPSA) is 72.2 Å². The number of halogens is 2. The second-order valence-corrected chi connectivity index (χ2v) is 6.48. The Kier molecular flexibility index (Phi) is 5.68. The number of hydrogen-bond acceptors (Lipinski definition) is 3. The van der Waals surface area contributed by atoms with Crippen molar-refractivity contribution in [2.24, 2.45) is 0 Å². The highest BCUT2D eigenvalue weighted by molar-refractivity contribution is 9.12. The molecule has 0 unspecified atom stereocenters. The molecule has 0 aliphatic heterocycles. The van der Waals surface area contributed by atoms with Gasteiger partial charge in [0.2, 0.25) is 5.91 Å². The monoisotopic (exact) mass is 426 g/mol. The van der Waals surface area contributed by atoms with Crippen LogP contribution in [0.15, 0.2) is 54.6 Å². The minimum Gasteiger partial charge on any atom is -0.325 e. The standard InChI is InChI=1S/C15H12Br2N2O3/c16-13(10-5-2-1-3-6-10)14(17)15(20)18-11-7-4-8-12(9-11)19(21)22/h1-9,13-14H,(H,18,20)/t13-,14-/m1/s1. The minimum absolute atomic E-state index is 0.0672. The SMILES string of the molecule is O=C(Nc1cccc([N+](=O)[O-])c1)[C@H](Br)[C@H](Br)c1ccccc1. The molecule has 114 valence electrons. The molecule has 0 aromatic heterocycles. The smallest absolute Gasteiger partial charge is 0.271 e. The summed E-state index contributed by atoms with van der Waals surface area (Å²) in [6.45, 7) is 0. The molecule has 1 N–H and O–H groups in total. The number of non-ortho nitro benzene ring substituents is 1. The summed E-state index contributed by atoms with van der Waals surface area (Å²) in [6.07, 6.45) is 0. The molecule has 5 nitrogen and oxygen atoms in total. The van der Waals surface area contributed by atoms with E-state index in [0.29, 0.717) is 5.69 Å². The molecule has 0 saturated heterocycles. The zero-order valence-corrected chi connectivity index (χ0v) is 14.5. The number of rotatable bonds is 5. The average Bonchev–Trinajstić information content (AvgIpc) is 2.54. The molecule has 0 spiro atoms. The van der Waals surface area contributed by atoms with Crippen LogP contribution in [-0.4, -0.2) is 15.7 Å². The van der Waals surface area contributed by atoms with Crippen LogP contribution in [-0.2, 0) is 4.79 Å². The molecule has 0 heterocycles. The van der Waals surface area contributed by atoms with Gasteiger partial charge in [0.15, 0.2) is 0 Å². The van der Waals surface area contributed by atoms with Gasteiger partial charge in [-0.25, -0.2) is 0 Å². The Morgan fingerprint density at radius 1 is 1.09 bits per heavy atom. The lowest BCUT2D eigenvalue weighted by atomic mass is 10.1. The molecule has 0 aliphatic carbocycles. The maximum atomic E-state index is 12.3. The van der Waals surface area contributed by atoms with Crippen LogP contribution in [0.3, 0.4) is 0 Å². The van der Waals surface area contributed by atoms with Gasteiger partial charge in [-0.2, -0.15) is 0 Å². The lowest BCUT2D eigenvalue weighted by Crippen LogP contribution is -2.26. The number of alkyl halides is 2. The quantitative estimate of drug-likeness (QED) is 0.435. The maximum absolute atomic E-state index is 12.3. The van der Waals surface area contributed by atoms with Crippen LogP contribution in [0.25, 0.3) is 0 Å². The van der Waals surface area contributed by atoms with Gasteiger partial charge in [0.1, 0.15) is 4.83 Å². The van der Waals surface area contributed by atoms with Crippen molar-refractivity contribution in [1.29, 1.82) is 0 Å². The van der Waals surface area contributed by atoms with Gasteiger partial charge in [0, 0.05) is 17.8 Å². The fraction of sp³-hybridized carbons (Fsp3) is 0.133. The van der Waals surface area contributed by atoms with Gasteiger partial charge in [-0.05, 0) is 11.6 Å². The molecule has 7 heteroatoms. The van der Waals surface area contributed by atoms with Crippen molar-refractivity contribution in [1.82, 2.24) is 0 Å². The first-order valence-electron chi connectivity index (χ1n) is 6.37. The van der Waals surface area contributed by atoms with E-state index in [9.17, 15) is 14.9 Å². The normalized spacial score (nSPS) is 13.2. The second-order valence-electron chi connectivity index (χ2n) is 4.51. The van der Waals surface area contributed by atoms with Crippen molar-refractivity contribution in [2.45, 2.75) is 9.65 Å². The van der Waals surface area contributed by atoms with Gasteiger partial charge in [0.25, 0.3) is 5.69 Å². The van der Waals surface area contributed by atoms with Crippen molar-refractivity contribution in [3.8, 4) is 0 Å². The molecule has 0 aliphatic rings. The zero-order valence-electron chi connectivity index (χ0n) is 11.3. The van der Waals surface area contributed by atoms with Crippen LogP contribution in [0.2, 0.25) is 0 Å². The van der Waals surface area contributed by atoms with Crippen LogP contribution in [0.1, 0.15) is 10.4 Å². The highest BCUT2D eigenvalue weighted by Gasteiger charge is 2.25. The van der Waals surface area contributed by atoms with Gasteiger partial charge in [0.05, 0.1) is 9.75 Å². The first-order valence-corrected chi connectivity index (χ1v) is 8.20. The molecule has 0 bridgehead atoms. The number of carbonyl (C=O) groups is 1. The van der Waals surface area contributed by atoms with Gasteiger partial charge in [-0.1, -0.05) is 68.3 Å². The van der Waals surface area contributed by atoms with Crippen LogP contribution >= 0.6 is 31.9 Å². The largest absolute Gasteiger partial charge is 0.325 e. The third-order valence-corrected chi connectivity index (χ3v) is 5.66. The van der Waals surface area contributed by atoms with Crippen molar-refractivity contribution < 1.29 is 9.72 Å². The summed E-state index contributed by atoms with van der Waals surface area (Å²) >= 11 is 6.84. The van der Waals surface area contributed by atoms with Crippen LogP contribution in [0.4, 0.5) is 11.4 Å². The van der Waals surface area contributed by atoms with E-state index in [-0.39, 0.29) is 16.4 Å². The molecule has 2 rings (SSSR count). The second kappa shape index (κ2) is 7.51. The fourth-order valence-corrected chi connectivity index (χ4v) is 2.81. The predicted octanol–water partition coefficient (Wildman–Crippen LogP) is 4.43. The van der Waals surface area contributed by atoms with Crippen molar-refractivity contribution >= 4 is 49.1 Å². The van der Waals surface area contributed by atoms with E-state index in [1.54, 1.807) is 6.07 Å². The lowest BCUT2D eigenvalue weighted by molar-refractivity contribution is -0.384. The number of nitro groups is 1. The Morgan fingerprint density at radius 3 is 2.41 bits per heavy atom. The van der Waals surface area contributed by atoms with Gasteiger partial charge in [-0.3, -0.25) is 14.9 Å². The third-order valence-electron chi connectivity index (χ3n) is 2.95. The zero-order chi connectivity index (χ0) is 16.1. The summed E-state index contributed by atoms with van der Waals surface area (Å²) in [4.78, 5) is 21.8. The molecule has 22 heavy (non-hydrogen) atoms. The number of nitrogens with one attached hydrogen (secondary N) is 1. The summed E-state index contributed by atoms with van der Waals surface area (Å²) in [5.74, 6) is -0.286. The summed E-state index contributed by atoms with van der Waals surface area (Å²) in [5.41, 5.74) is 1.28. The van der Waals surface area contributed by atoms with Crippen LogP contribution in [0.5, 0.6) is 0 Å². The lowest BCUT2D eigenvalue weighted by Gasteiger charge is -2.17. The number of hydrogen-bond donors (Lipinski definition) is 1. The molecular weight excluding hydrogens is 416 g/mol. The summed E-state index contributed by atoms with van der Waals surface area (Å²) in [6, 6.07) is 15.3. The fourth-order valence-electron chi connectivity index (χ4n) is 1.85. The van der Waals surface area contributed by atoms with Gasteiger partial charge in [-0.15, -0.1) is 0 Å². The number of amides is 1. The number of anilines is 1. The molecule has 2 atom stereocenters. The van der Waals surface area contributed by atoms with E-state index in [4.69, 9.17) is 0 Å². The predicted molar refractivity (Wildman–Crippen MR) is 92.6 cm³/mol. The molecule has 0 radical (unpaired) electrons. The first-order chi connectivity index (χ1) is 10.5.